The number of nitrogens with zero attached hydrogens (tertiary/aromatic N) is 2. The van der Waals surface area contributed by atoms with Gasteiger partial charge >= 0.3 is 6.03 Å². The average Bonchev–Trinajstić information content (AvgIpc) is 3.05. The maximum absolute atomic E-state index is 13.9. The summed E-state index contributed by atoms with van der Waals surface area (Å²) in [5, 5.41) is -0.977. The molecule has 3 aromatic rings. The molecule has 0 saturated carbocycles. The van der Waals surface area contributed by atoms with E-state index in [1.54, 1.807) is 47.2 Å². The van der Waals surface area contributed by atoms with Crippen LogP contribution in [-0.4, -0.2) is 42.7 Å². The lowest BCUT2D eigenvalue weighted by Gasteiger charge is -2.33. The van der Waals surface area contributed by atoms with Crippen LogP contribution < -0.4 is 0 Å². The minimum atomic E-state index is -3.80. The zero-order valence-electron chi connectivity index (χ0n) is 18.3. The molecule has 5 nitrogen and oxygen atoms in total. The van der Waals surface area contributed by atoms with Crippen LogP contribution in [0, 0.1) is 0 Å². The highest BCUT2D eigenvalue weighted by molar-refractivity contribution is 7.92. The Morgan fingerprint density at radius 2 is 1.38 bits per heavy atom. The summed E-state index contributed by atoms with van der Waals surface area (Å²) >= 11 is 0. The molecule has 3 aromatic carbocycles. The van der Waals surface area contributed by atoms with Gasteiger partial charge in [-0.2, -0.15) is 0 Å². The molecule has 4 rings (SSSR count). The van der Waals surface area contributed by atoms with Crippen molar-refractivity contribution >= 4 is 15.9 Å². The summed E-state index contributed by atoms with van der Waals surface area (Å²) in [5.41, 5.74) is 1.98. The van der Waals surface area contributed by atoms with Gasteiger partial charge in [-0.25, -0.2) is 13.2 Å². The number of aryl methyl sites for hydroxylation is 1. The Bertz CT molecular complexity index is 1150. The molecule has 0 spiro atoms. The summed E-state index contributed by atoms with van der Waals surface area (Å²) < 4.78 is 27.7. The van der Waals surface area contributed by atoms with Gasteiger partial charge < -0.3 is 4.90 Å². The molecule has 0 bridgehead atoms. The van der Waals surface area contributed by atoms with E-state index >= 15 is 0 Å². The zero-order chi connectivity index (χ0) is 22.7. The second-order valence-corrected chi connectivity index (χ2v) is 10.3. The molecule has 166 valence electrons. The highest BCUT2D eigenvalue weighted by atomic mass is 32.2. The van der Waals surface area contributed by atoms with Crippen molar-refractivity contribution < 1.29 is 13.2 Å². The van der Waals surface area contributed by atoms with Gasteiger partial charge in [-0.1, -0.05) is 78.9 Å². The predicted octanol–water partition coefficient (Wildman–Crippen LogP) is 4.92. The van der Waals surface area contributed by atoms with E-state index in [1.165, 1.54) is 0 Å². The molecule has 2 amide bonds. The number of sulfone groups is 1. The van der Waals surface area contributed by atoms with Crippen LogP contribution in [0.15, 0.2) is 95.9 Å². The second kappa shape index (κ2) is 9.17. The fourth-order valence-electron chi connectivity index (χ4n) is 4.46. The van der Waals surface area contributed by atoms with E-state index in [9.17, 15) is 13.2 Å². The Kier molecular flexibility index (Phi) is 6.33. The predicted molar refractivity (Wildman–Crippen MR) is 126 cm³/mol. The molecular weight excluding hydrogens is 420 g/mol. The maximum Gasteiger partial charge on any atom is 0.321 e. The van der Waals surface area contributed by atoms with Crippen molar-refractivity contribution in [2.75, 3.05) is 7.05 Å². The zero-order valence-corrected chi connectivity index (χ0v) is 19.2. The van der Waals surface area contributed by atoms with Gasteiger partial charge in [0, 0.05) is 7.05 Å². The Labute approximate surface area is 190 Å². The molecule has 1 fully saturated rings. The summed E-state index contributed by atoms with van der Waals surface area (Å²) in [6.07, 6.45) is 0.873. The van der Waals surface area contributed by atoms with Crippen molar-refractivity contribution in [2.45, 2.75) is 42.1 Å². The Morgan fingerprint density at radius 3 is 1.97 bits per heavy atom. The van der Waals surface area contributed by atoms with Crippen molar-refractivity contribution in [3.63, 3.8) is 0 Å². The topological polar surface area (TPSA) is 57.7 Å². The van der Waals surface area contributed by atoms with Crippen molar-refractivity contribution in [3.8, 4) is 0 Å². The maximum atomic E-state index is 13.9. The number of urea groups is 1. The van der Waals surface area contributed by atoms with Crippen molar-refractivity contribution in [3.05, 3.63) is 102 Å². The van der Waals surface area contributed by atoms with E-state index in [0.29, 0.717) is 12.8 Å². The van der Waals surface area contributed by atoms with E-state index < -0.39 is 15.2 Å². The molecule has 1 heterocycles. The molecular formula is C26H28N2O3S. The van der Waals surface area contributed by atoms with E-state index in [0.717, 1.165) is 11.1 Å². The van der Waals surface area contributed by atoms with Crippen LogP contribution in [0.5, 0.6) is 0 Å². The first-order valence-corrected chi connectivity index (χ1v) is 12.4. The molecule has 0 aliphatic carbocycles. The van der Waals surface area contributed by atoms with Gasteiger partial charge in [-0.15, -0.1) is 0 Å². The minimum absolute atomic E-state index is 0.157. The SMILES string of the molecule is C[C@H]1[C@@H](c2ccccc2)N([C@H](CCc2ccccc2)S(=O)(=O)c2ccccc2)C(=O)N1C. The van der Waals surface area contributed by atoms with Gasteiger partial charge in [0.2, 0.25) is 0 Å². The van der Waals surface area contributed by atoms with Gasteiger partial charge in [0.1, 0.15) is 5.37 Å². The van der Waals surface area contributed by atoms with Crippen LogP contribution in [0.3, 0.4) is 0 Å². The summed E-state index contributed by atoms with van der Waals surface area (Å²) in [6, 6.07) is 27.2. The minimum Gasteiger partial charge on any atom is -0.323 e. The number of likely N-dealkylation sites (N-methyl/N-ethyl adjacent to an activating group) is 1. The smallest absolute Gasteiger partial charge is 0.321 e. The Hall–Kier alpha value is -3.12. The van der Waals surface area contributed by atoms with Gasteiger partial charge in [0.05, 0.1) is 17.0 Å². The van der Waals surface area contributed by atoms with Crippen LogP contribution in [-0.2, 0) is 16.3 Å². The lowest BCUT2D eigenvalue weighted by molar-refractivity contribution is 0.182. The van der Waals surface area contributed by atoms with E-state index in [-0.39, 0.29) is 23.0 Å². The summed E-state index contributed by atoms with van der Waals surface area (Å²) in [6.45, 7) is 1.97. The molecule has 3 atom stereocenters. The monoisotopic (exact) mass is 448 g/mol. The summed E-state index contributed by atoms with van der Waals surface area (Å²) in [4.78, 5) is 16.9. The van der Waals surface area contributed by atoms with Gasteiger partial charge in [-0.05, 0) is 43.0 Å². The molecule has 0 N–H and O–H groups in total. The van der Waals surface area contributed by atoms with Crippen LogP contribution in [0.1, 0.15) is 30.5 Å². The molecule has 1 aliphatic heterocycles. The van der Waals surface area contributed by atoms with Crippen molar-refractivity contribution in [1.82, 2.24) is 9.80 Å². The van der Waals surface area contributed by atoms with E-state index in [2.05, 4.69) is 0 Å². The molecule has 6 heteroatoms. The van der Waals surface area contributed by atoms with Crippen LogP contribution in [0.2, 0.25) is 0 Å². The molecule has 1 aliphatic rings. The number of carbonyl (C=O) groups excluding carboxylic acids is 1. The number of carbonyl (C=O) groups is 1. The van der Waals surface area contributed by atoms with Gasteiger partial charge in [-0.3, -0.25) is 4.90 Å². The van der Waals surface area contributed by atoms with Crippen LogP contribution in [0.25, 0.3) is 0 Å². The third-order valence-corrected chi connectivity index (χ3v) is 8.40. The lowest BCUT2D eigenvalue weighted by Crippen LogP contribution is -2.45. The quantitative estimate of drug-likeness (QED) is 0.516. The van der Waals surface area contributed by atoms with Crippen molar-refractivity contribution in [2.24, 2.45) is 0 Å². The molecule has 0 unspecified atom stereocenters. The van der Waals surface area contributed by atoms with Gasteiger partial charge in [0.15, 0.2) is 9.84 Å². The third kappa shape index (κ3) is 4.15. The van der Waals surface area contributed by atoms with Crippen LogP contribution >= 0.6 is 0 Å². The first kappa shape index (κ1) is 22.1. The average molecular weight is 449 g/mol. The number of rotatable bonds is 7. The third-order valence-electron chi connectivity index (χ3n) is 6.29. The van der Waals surface area contributed by atoms with Crippen LogP contribution in [0.4, 0.5) is 4.79 Å². The molecule has 0 aromatic heterocycles. The molecule has 32 heavy (non-hydrogen) atoms. The fourth-order valence-corrected chi connectivity index (χ4v) is 6.26. The van der Waals surface area contributed by atoms with E-state index in [4.69, 9.17) is 0 Å². The number of hydrogen-bond acceptors (Lipinski definition) is 3. The number of benzene rings is 3. The number of amides is 2. The highest BCUT2D eigenvalue weighted by Gasteiger charge is 2.49. The largest absolute Gasteiger partial charge is 0.323 e. The Morgan fingerprint density at radius 1 is 0.844 bits per heavy atom. The second-order valence-electron chi connectivity index (χ2n) is 8.23. The summed E-state index contributed by atoms with van der Waals surface area (Å²) in [7, 11) is -2.05. The summed E-state index contributed by atoms with van der Waals surface area (Å²) in [5.74, 6) is 0. The molecule has 1 saturated heterocycles. The standard InChI is InChI=1S/C26H28N2O3S/c1-20-25(22-14-8-4-9-15-22)28(26(29)27(20)2)24(19-18-21-12-6-3-7-13-21)32(30,31)23-16-10-5-11-17-23/h3-17,20,24-25H,18-19H2,1-2H3/t20-,24-,25-/m0/s1. The fraction of sp³-hybridized carbons (Fsp3) is 0.269. The normalized spacial score (nSPS) is 19.9. The Balaban J connectivity index is 1.79. The molecule has 0 radical (unpaired) electrons. The highest BCUT2D eigenvalue weighted by Crippen LogP contribution is 2.39. The first-order chi connectivity index (χ1) is 15.4. The van der Waals surface area contributed by atoms with E-state index in [1.807, 2.05) is 67.6 Å². The van der Waals surface area contributed by atoms with Gasteiger partial charge in [0.25, 0.3) is 0 Å². The first-order valence-electron chi connectivity index (χ1n) is 10.8. The number of hydrogen-bond donors (Lipinski definition) is 0. The lowest BCUT2D eigenvalue weighted by atomic mass is 10.00. The van der Waals surface area contributed by atoms with Crippen molar-refractivity contribution in [1.29, 1.82) is 0 Å².